The van der Waals surface area contributed by atoms with Crippen molar-refractivity contribution >= 4 is 5.91 Å². The number of amides is 1. The van der Waals surface area contributed by atoms with E-state index < -0.39 is 0 Å². The van der Waals surface area contributed by atoms with E-state index in [0.29, 0.717) is 37.5 Å². The second-order valence-electron chi connectivity index (χ2n) is 7.13. The molecule has 2 aromatic carbocycles. The quantitative estimate of drug-likeness (QED) is 0.697. The Morgan fingerprint density at radius 3 is 2.52 bits per heavy atom. The van der Waals surface area contributed by atoms with Crippen LogP contribution in [0.25, 0.3) is 0 Å². The third-order valence-electron chi connectivity index (χ3n) is 4.91. The van der Waals surface area contributed by atoms with Crippen LogP contribution in [0.15, 0.2) is 30.3 Å². The number of ether oxygens (including phenoxy) is 4. The van der Waals surface area contributed by atoms with Gasteiger partial charge in [-0.05, 0) is 50.1 Å². The summed E-state index contributed by atoms with van der Waals surface area (Å²) in [6.07, 6.45) is 2.03. The molecule has 0 saturated heterocycles. The summed E-state index contributed by atoms with van der Waals surface area (Å²) >= 11 is 0. The van der Waals surface area contributed by atoms with Crippen LogP contribution in [0.2, 0.25) is 0 Å². The molecule has 0 fully saturated rings. The number of rotatable bonds is 9. The van der Waals surface area contributed by atoms with Gasteiger partial charge in [-0.1, -0.05) is 0 Å². The van der Waals surface area contributed by atoms with Crippen LogP contribution >= 0.6 is 0 Å². The Balaban J connectivity index is 1.60. The van der Waals surface area contributed by atoms with E-state index in [1.165, 1.54) is 0 Å². The highest BCUT2D eigenvalue weighted by molar-refractivity contribution is 5.76. The lowest BCUT2D eigenvalue weighted by molar-refractivity contribution is -0.121. The summed E-state index contributed by atoms with van der Waals surface area (Å²) < 4.78 is 22.2. The number of nitrogens with one attached hydrogen (secondary N) is 1. The molecular formula is C23H29NO5. The zero-order valence-corrected chi connectivity index (χ0v) is 17.5. The van der Waals surface area contributed by atoms with Crippen LogP contribution in [0.1, 0.15) is 37.0 Å². The number of hydrogen-bond acceptors (Lipinski definition) is 5. The van der Waals surface area contributed by atoms with Crippen molar-refractivity contribution in [3.05, 3.63) is 47.0 Å². The summed E-state index contributed by atoms with van der Waals surface area (Å²) in [5, 5.41) is 2.99. The molecule has 1 amide bonds. The first-order chi connectivity index (χ1) is 14.0. The molecule has 0 unspecified atom stereocenters. The van der Waals surface area contributed by atoms with Crippen LogP contribution in [0.3, 0.4) is 0 Å². The van der Waals surface area contributed by atoms with Crippen molar-refractivity contribution in [3.63, 3.8) is 0 Å². The Labute approximate surface area is 172 Å². The van der Waals surface area contributed by atoms with E-state index >= 15 is 0 Å². The third kappa shape index (κ3) is 5.34. The zero-order chi connectivity index (χ0) is 20.8. The monoisotopic (exact) mass is 399 g/mol. The van der Waals surface area contributed by atoms with Crippen molar-refractivity contribution in [1.29, 1.82) is 0 Å². The average Bonchev–Trinajstić information content (AvgIpc) is 3.09. The molecule has 1 atom stereocenters. The summed E-state index contributed by atoms with van der Waals surface area (Å²) in [4.78, 5) is 12.4. The first-order valence-corrected chi connectivity index (χ1v) is 9.96. The maximum Gasteiger partial charge on any atom is 0.220 e. The molecule has 0 saturated carbocycles. The fourth-order valence-corrected chi connectivity index (χ4v) is 3.46. The highest BCUT2D eigenvalue weighted by Gasteiger charge is 2.22. The van der Waals surface area contributed by atoms with Gasteiger partial charge in [-0.25, -0.2) is 0 Å². The normalized spacial score (nSPS) is 14.7. The maximum atomic E-state index is 12.4. The predicted molar refractivity (Wildman–Crippen MR) is 111 cm³/mol. The van der Waals surface area contributed by atoms with Gasteiger partial charge in [0.2, 0.25) is 5.91 Å². The van der Waals surface area contributed by atoms with Crippen LogP contribution in [-0.2, 0) is 24.2 Å². The van der Waals surface area contributed by atoms with Gasteiger partial charge < -0.3 is 24.3 Å². The molecule has 1 aliphatic rings. The second kappa shape index (κ2) is 9.54. The predicted octanol–water partition coefficient (Wildman–Crippen LogP) is 3.67. The lowest BCUT2D eigenvalue weighted by Gasteiger charge is -2.13. The van der Waals surface area contributed by atoms with Crippen LogP contribution in [-0.4, -0.2) is 32.8 Å². The minimum atomic E-state index is -0.0241. The van der Waals surface area contributed by atoms with Crippen LogP contribution in [0, 0.1) is 0 Å². The van der Waals surface area contributed by atoms with Gasteiger partial charge in [-0.2, -0.15) is 0 Å². The van der Waals surface area contributed by atoms with Crippen molar-refractivity contribution in [2.45, 2.75) is 45.8 Å². The van der Waals surface area contributed by atoms with Gasteiger partial charge in [0.1, 0.15) is 29.1 Å². The summed E-state index contributed by atoms with van der Waals surface area (Å²) in [5.74, 6) is 3.10. The molecule has 1 heterocycles. The Kier molecular flexibility index (Phi) is 6.86. The molecule has 0 aromatic heterocycles. The number of carbonyl (C=O) groups is 1. The standard InChI is InChI=1S/C23H29NO5/c1-5-28-21-11-17-8-15(2)29-22(17)12-18(21)14-24-23(25)7-6-16-9-19(26-3)13-20(10-16)27-4/h9-13,15H,5-8,14H2,1-4H3,(H,24,25)/t15-/m1/s1. The van der Waals surface area contributed by atoms with Gasteiger partial charge in [-0.3, -0.25) is 4.79 Å². The fourth-order valence-electron chi connectivity index (χ4n) is 3.46. The van der Waals surface area contributed by atoms with Gasteiger partial charge in [0, 0.05) is 36.6 Å². The molecule has 3 rings (SSSR count). The minimum absolute atomic E-state index is 0.0241. The van der Waals surface area contributed by atoms with Crippen LogP contribution in [0.4, 0.5) is 0 Å². The smallest absolute Gasteiger partial charge is 0.220 e. The van der Waals surface area contributed by atoms with Crippen molar-refractivity contribution in [2.24, 2.45) is 0 Å². The molecule has 2 aromatic rings. The van der Waals surface area contributed by atoms with Gasteiger partial charge in [0.05, 0.1) is 20.8 Å². The summed E-state index contributed by atoms with van der Waals surface area (Å²) in [6.45, 7) is 4.99. The van der Waals surface area contributed by atoms with Crippen molar-refractivity contribution in [3.8, 4) is 23.0 Å². The fraction of sp³-hybridized carbons (Fsp3) is 0.435. The van der Waals surface area contributed by atoms with E-state index in [0.717, 1.165) is 34.6 Å². The molecule has 29 heavy (non-hydrogen) atoms. The molecule has 1 aliphatic heterocycles. The topological polar surface area (TPSA) is 66.0 Å². The Morgan fingerprint density at radius 2 is 1.86 bits per heavy atom. The van der Waals surface area contributed by atoms with E-state index in [4.69, 9.17) is 18.9 Å². The van der Waals surface area contributed by atoms with Gasteiger partial charge in [-0.15, -0.1) is 0 Å². The van der Waals surface area contributed by atoms with E-state index in [1.54, 1.807) is 14.2 Å². The first kappa shape index (κ1) is 20.8. The highest BCUT2D eigenvalue weighted by atomic mass is 16.5. The van der Waals surface area contributed by atoms with E-state index in [2.05, 4.69) is 12.2 Å². The van der Waals surface area contributed by atoms with Crippen molar-refractivity contribution in [2.75, 3.05) is 20.8 Å². The summed E-state index contributed by atoms with van der Waals surface area (Å²) in [6, 6.07) is 9.67. The number of carbonyl (C=O) groups excluding carboxylic acids is 1. The second-order valence-corrected chi connectivity index (χ2v) is 7.13. The highest BCUT2D eigenvalue weighted by Crippen LogP contribution is 2.35. The lowest BCUT2D eigenvalue weighted by Crippen LogP contribution is -2.23. The van der Waals surface area contributed by atoms with Crippen molar-refractivity contribution in [1.82, 2.24) is 5.32 Å². The van der Waals surface area contributed by atoms with Crippen molar-refractivity contribution < 1.29 is 23.7 Å². The van der Waals surface area contributed by atoms with E-state index in [1.807, 2.05) is 37.3 Å². The number of hydrogen-bond donors (Lipinski definition) is 1. The molecule has 1 N–H and O–H groups in total. The molecule has 156 valence electrons. The molecule has 0 bridgehead atoms. The van der Waals surface area contributed by atoms with Crippen LogP contribution < -0.4 is 24.3 Å². The molecule has 6 nitrogen and oxygen atoms in total. The third-order valence-corrected chi connectivity index (χ3v) is 4.91. The summed E-state index contributed by atoms with van der Waals surface area (Å²) in [5.41, 5.74) is 3.07. The number of methoxy groups -OCH3 is 2. The zero-order valence-electron chi connectivity index (χ0n) is 17.5. The number of benzene rings is 2. The molecule has 0 radical (unpaired) electrons. The molecule has 6 heteroatoms. The van der Waals surface area contributed by atoms with Crippen LogP contribution in [0.5, 0.6) is 23.0 Å². The Hall–Kier alpha value is -2.89. The minimum Gasteiger partial charge on any atom is -0.497 e. The Bertz CT molecular complexity index is 842. The first-order valence-electron chi connectivity index (χ1n) is 9.96. The number of aryl methyl sites for hydroxylation is 1. The van der Waals surface area contributed by atoms with E-state index in [9.17, 15) is 4.79 Å². The lowest BCUT2D eigenvalue weighted by atomic mass is 10.1. The van der Waals surface area contributed by atoms with Gasteiger partial charge in [0.25, 0.3) is 0 Å². The largest absolute Gasteiger partial charge is 0.497 e. The summed E-state index contributed by atoms with van der Waals surface area (Å²) in [7, 11) is 3.23. The average molecular weight is 399 g/mol. The number of fused-ring (bicyclic) bond motifs is 1. The Morgan fingerprint density at radius 1 is 1.14 bits per heavy atom. The molecule has 0 aliphatic carbocycles. The molecule has 0 spiro atoms. The van der Waals surface area contributed by atoms with E-state index in [-0.39, 0.29) is 12.0 Å². The maximum absolute atomic E-state index is 12.4. The van der Waals surface area contributed by atoms with Gasteiger partial charge >= 0.3 is 0 Å². The van der Waals surface area contributed by atoms with Gasteiger partial charge in [0.15, 0.2) is 0 Å². The SMILES string of the molecule is CCOc1cc2c(cc1CNC(=O)CCc1cc(OC)cc(OC)c1)O[C@H](C)C2. The molecular weight excluding hydrogens is 370 g/mol.